The van der Waals surface area contributed by atoms with Crippen molar-refractivity contribution in [1.29, 1.82) is 0 Å². The Morgan fingerprint density at radius 2 is 2.00 bits per heavy atom. The Morgan fingerprint density at radius 1 is 1.30 bits per heavy atom. The van der Waals surface area contributed by atoms with E-state index in [0.717, 1.165) is 0 Å². The summed E-state index contributed by atoms with van der Waals surface area (Å²) in [5, 5.41) is 14.8. The van der Waals surface area contributed by atoms with Crippen LogP contribution in [0.5, 0.6) is 0 Å². The van der Waals surface area contributed by atoms with Crippen molar-refractivity contribution in [2.45, 2.75) is 63.9 Å². The lowest BCUT2D eigenvalue weighted by Gasteiger charge is -2.27. The van der Waals surface area contributed by atoms with E-state index in [0.29, 0.717) is 11.0 Å². The van der Waals surface area contributed by atoms with Gasteiger partial charge in [0.15, 0.2) is 23.5 Å². The van der Waals surface area contributed by atoms with Gasteiger partial charge in [0.25, 0.3) is 0 Å². The summed E-state index contributed by atoms with van der Waals surface area (Å²) in [5.41, 5.74) is 0.430. The van der Waals surface area contributed by atoms with E-state index in [2.05, 4.69) is 21.3 Å². The number of nitrogens with zero attached hydrogens (tertiary/aromatic N) is 4. The molecule has 183 valence electrons. The molecule has 4 rings (SSSR count). The molecule has 2 aliphatic heterocycles. The summed E-state index contributed by atoms with van der Waals surface area (Å²) in [7, 11) is -3.69. The van der Waals surface area contributed by atoms with Crippen LogP contribution in [0, 0.1) is 6.20 Å². The molecular weight excluding hydrogens is 479 g/mol. The predicted molar refractivity (Wildman–Crippen MR) is 115 cm³/mol. The summed E-state index contributed by atoms with van der Waals surface area (Å²) in [5.74, 6) is -2.06. The Morgan fingerprint density at radius 3 is 2.67 bits per heavy atom. The second-order valence-electron chi connectivity index (χ2n) is 7.91. The van der Waals surface area contributed by atoms with Crippen molar-refractivity contribution in [3.8, 4) is 0 Å². The van der Waals surface area contributed by atoms with Crippen LogP contribution >= 0.6 is 19.2 Å². The minimum absolute atomic E-state index is 0.0241. The van der Waals surface area contributed by atoms with Gasteiger partial charge in [-0.1, -0.05) is 0 Å². The van der Waals surface area contributed by atoms with Crippen LogP contribution in [0.3, 0.4) is 0 Å². The molecule has 0 spiro atoms. The maximum atomic E-state index is 13.0. The van der Waals surface area contributed by atoms with Crippen LogP contribution in [0.4, 0.5) is 0 Å². The number of rotatable bonds is 10. The van der Waals surface area contributed by atoms with Crippen LogP contribution in [-0.2, 0) is 32.6 Å². The monoisotopic (exact) mass is 505 g/mol. The molecule has 2 fully saturated rings. The van der Waals surface area contributed by atoms with Gasteiger partial charge in [0.2, 0.25) is 5.28 Å². The van der Waals surface area contributed by atoms with Gasteiger partial charge < -0.3 is 33.1 Å². The molecule has 2 aromatic heterocycles. The Bertz CT molecular complexity index is 1010. The van der Waals surface area contributed by atoms with Crippen molar-refractivity contribution in [1.82, 2.24) is 19.7 Å². The summed E-state index contributed by atoms with van der Waals surface area (Å²) in [6.45, 7) is 6.62. The molecule has 12 nitrogen and oxygen atoms in total. The first-order chi connectivity index (χ1) is 15.7. The van der Waals surface area contributed by atoms with Crippen molar-refractivity contribution in [2.24, 2.45) is 0 Å². The highest BCUT2D eigenvalue weighted by atomic mass is 35.5. The van der Waals surface area contributed by atoms with Gasteiger partial charge in [-0.05, 0) is 39.3 Å². The number of hydrogen-bond donors (Lipinski definition) is 1. The zero-order chi connectivity index (χ0) is 23.8. The van der Waals surface area contributed by atoms with Gasteiger partial charge in [-0.25, -0.2) is 9.67 Å². The molecule has 2 saturated heterocycles. The molecule has 0 bridgehead atoms. The van der Waals surface area contributed by atoms with Gasteiger partial charge in [0, 0.05) is 0 Å². The van der Waals surface area contributed by atoms with Gasteiger partial charge in [-0.3, -0.25) is 4.57 Å². The Hall–Kier alpha value is -1.21. The predicted octanol–water partition coefficient (Wildman–Crippen LogP) is 2.30. The van der Waals surface area contributed by atoms with E-state index in [-0.39, 0.29) is 25.1 Å². The summed E-state index contributed by atoms with van der Waals surface area (Å²) in [6.07, 6.45) is 1.92. The highest BCUT2D eigenvalue weighted by molar-refractivity contribution is 7.54. The zero-order valence-corrected chi connectivity index (χ0v) is 20.4. The molecule has 0 aliphatic carbocycles. The molecule has 2 aliphatic rings. The molecule has 1 radical (unpaired) electrons. The standard InChI is InChI=1S/C19H27ClN4O8P/c1-5-28-33(26,29-6-2)13(9-25)27-10-12-14-15(32-19(3,4)31-14)17(30-12)24-16-11(8-22-24)7-21-18(20)23-16/h8,12-15,17,25H,5-6,9-10H2,1-4H3/t12-,13?,14-,15-,17-/m1/s1. The van der Waals surface area contributed by atoms with Crippen molar-refractivity contribution in [3.05, 3.63) is 17.7 Å². The Balaban J connectivity index is 1.56. The summed E-state index contributed by atoms with van der Waals surface area (Å²) < 4.78 is 49.3. The minimum atomic E-state index is -3.69. The van der Waals surface area contributed by atoms with E-state index < -0.39 is 50.4 Å². The fourth-order valence-electron chi connectivity index (χ4n) is 3.95. The normalized spacial score (nSPS) is 27.8. The minimum Gasteiger partial charge on any atom is -0.393 e. The quantitative estimate of drug-likeness (QED) is 0.376. The van der Waals surface area contributed by atoms with Crippen LogP contribution in [-0.4, -0.2) is 81.2 Å². The third kappa shape index (κ3) is 4.95. The first kappa shape index (κ1) is 24.9. The summed E-state index contributed by atoms with van der Waals surface area (Å²) in [6, 6.07) is 0. The molecule has 1 N–H and O–H groups in total. The molecule has 0 amide bonds. The van der Waals surface area contributed by atoms with Crippen LogP contribution < -0.4 is 0 Å². The van der Waals surface area contributed by atoms with Gasteiger partial charge in [-0.15, -0.1) is 0 Å². The molecule has 14 heteroatoms. The maximum Gasteiger partial charge on any atom is 0.361 e. The molecule has 2 aromatic rings. The second kappa shape index (κ2) is 9.80. The van der Waals surface area contributed by atoms with E-state index in [1.165, 1.54) is 4.68 Å². The third-order valence-electron chi connectivity index (χ3n) is 5.18. The van der Waals surface area contributed by atoms with Gasteiger partial charge >= 0.3 is 7.60 Å². The molecular formula is C19H27ClN4O8P. The van der Waals surface area contributed by atoms with Crippen LogP contribution in [0.1, 0.15) is 33.9 Å². The van der Waals surface area contributed by atoms with Crippen molar-refractivity contribution in [2.75, 3.05) is 26.4 Å². The van der Waals surface area contributed by atoms with Gasteiger partial charge in [-0.2, -0.15) is 10.1 Å². The SMILES string of the molecule is CCOP(=O)(OCC)C(CO)OC[C@H]1O[C@@H](n2ncc3[c]nc(Cl)nc32)[C@@H]2OC(C)(C)O[C@@H]21. The van der Waals surface area contributed by atoms with E-state index in [1.807, 2.05) is 0 Å². The Labute approximate surface area is 195 Å². The van der Waals surface area contributed by atoms with E-state index in [9.17, 15) is 9.67 Å². The fourth-order valence-corrected chi connectivity index (χ4v) is 5.67. The van der Waals surface area contributed by atoms with Crippen molar-refractivity contribution >= 4 is 30.2 Å². The molecule has 33 heavy (non-hydrogen) atoms. The van der Waals surface area contributed by atoms with E-state index >= 15 is 0 Å². The number of hydrogen-bond acceptors (Lipinski definition) is 11. The number of aromatic nitrogens is 4. The maximum absolute atomic E-state index is 13.0. The number of ether oxygens (including phenoxy) is 4. The zero-order valence-electron chi connectivity index (χ0n) is 18.7. The lowest BCUT2D eigenvalue weighted by atomic mass is 10.1. The molecule has 4 heterocycles. The number of fused-ring (bicyclic) bond motifs is 2. The topological polar surface area (TPSA) is 136 Å². The summed E-state index contributed by atoms with van der Waals surface area (Å²) >= 11 is 5.95. The summed E-state index contributed by atoms with van der Waals surface area (Å²) in [4.78, 5) is 8.08. The molecule has 0 saturated carbocycles. The lowest BCUT2D eigenvalue weighted by Crippen LogP contribution is -2.35. The van der Waals surface area contributed by atoms with Gasteiger partial charge in [0.1, 0.15) is 24.5 Å². The lowest BCUT2D eigenvalue weighted by molar-refractivity contribution is -0.204. The third-order valence-corrected chi connectivity index (χ3v) is 7.61. The number of aliphatic hydroxyl groups excluding tert-OH is 1. The highest BCUT2D eigenvalue weighted by Crippen LogP contribution is 2.53. The van der Waals surface area contributed by atoms with Crippen molar-refractivity contribution < 1.29 is 37.7 Å². The second-order valence-corrected chi connectivity index (χ2v) is 10.4. The fraction of sp³-hybridized carbons (Fsp3) is 0.737. The van der Waals surface area contributed by atoms with E-state index in [4.69, 9.17) is 39.6 Å². The van der Waals surface area contributed by atoms with Crippen LogP contribution in [0.25, 0.3) is 11.0 Å². The first-order valence-electron chi connectivity index (χ1n) is 10.6. The highest BCUT2D eigenvalue weighted by Gasteiger charge is 2.57. The molecule has 0 aromatic carbocycles. The smallest absolute Gasteiger partial charge is 0.361 e. The average Bonchev–Trinajstić information content (AvgIpc) is 3.39. The first-order valence-corrected chi connectivity index (χ1v) is 12.6. The largest absolute Gasteiger partial charge is 0.393 e. The van der Waals surface area contributed by atoms with Crippen molar-refractivity contribution in [3.63, 3.8) is 0 Å². The molecule has 1 unspecified atom stereocenters. The van der Waals surface area contributed by atoms with Gasteiger partial charge in [0.05, 0.1) is 38.0 Å². The molecule has 5 atom stereocenters. The Kier molecular flexibility index (Phi) is 7.40. The van der Waals surface area contributed by atoms with Crippen LogP contribution in [0.15, 0.2) is 6.20 Å². The number of halogens is 1. The average molecular weight is 506 g/mol. The number of aliphatic hydroxyl groups is 1. The van der Waals surface area contributed by atoms with E-state index in [1.54, 1.807) is 33.9 Å². The van der Waals surface area contributed by atoms with Crippen LogP contribution in [0.2, 0.25) is 5.28 Å².